The van der Waals surface area contributed by atoms with E-state index in [1.165, 1.54) is 41.1 Å². The van der Waals surface area contributed by atoms with Crippen LogP contribution in [0.4, 0.5) is 38.0 Å². The van der Waals surface area contributed by atoms with Gasteiger partial charge < -0.3 is 14.8 Å². The molecule has 0 spiro atoms. The molecule has 0 saturated carbocycles. The molecule has 35 heavy (non-hydrogen) atoms. The predicted molar refractivity (Wildman–Crippen MR) is 125 cm³/mol. The van der Waals surface area contributed by atoms with Crippen molar-refractivity contribution in [3.8, 4) is 11.5 Å². The summed E-state index contributed by atoms with van der Waals surface area (Å²) in [5, 5.41) is 6.43. The molecule has 0 aliphatic rings. The maximum atomic E-state index is 13.3. The largest absolute Gasteiger partial charge is 0.573 e. The third kappa shape index (κ3) is 6.42. The lowest BCUT2D eigenvalue weighted by atomic mass is 10.2. The van der Waals surface area contributed by atoms with E-state index in [2.05, 4.69) is 25.1 Å². The van der Waals surface area contributed by atoms with Gasteiger partial charge in [-0.05, 0) is 64.5 Å². The standard InChI is InChI=1S/C20H13F6IN5O2P/c21-19(22,23)17-15-7-14(5-6-16(15)32(31-17)35-27)33-10-11-8-28-18(29-9-11)30-12-1-3-13(4-2-12)34-20(24,25)26/h1-9,35H,10H2,(H,28,29,30). The van der Waals surface area contributed by atoms with Gasteiger partial charge in [-0.15, -0.1) is 13.2 Å². The van der Waals surface area contributed by atoms with Crippen molar-refractivity contribution in [1.82, 2.24) is 19.5 Å². The minimum absolute atomic E-state index is 0.00120. The number of hydrogen-bond acceptors (Lipinski definition) is 6. The molecule has 184 valence electrons. The van der Waals surface area contributed by atoms with Crippen LogP contribution in [0.3, 0.4) is 0 Å². The van der Waals surface area contributed by atoms with E-state index in [4.69, 9.17) is 4.74 Å². The van der Waals surface area contributed by atoms with E-state index in [9.17, 15) is 26.3 Å². The Bertz CT molecular complexity index is 1310. The van der Waals surface area contributed by atoms with E-state index < -0.39 is 18.2 Å². The molecular formula is C20H13F6IN5O2P. The summed E-state index contributed by atoms with van der Waals surface area (Å²) in [4.78, 5) is 8.21. The molecule has 0 bridgehead atoms. The van der Waals surface area contributed by atoms with Crippen LogP contribution in [-0.4, -0.2) is 25.9 Å². The quantitative estimate of drug-likeness (QED) is 0.137. The number of aromatic nitrogens is 4. The number of ether oxygens (including phenoxy) is 2. The maximum absolute atomic E-state index is 13.3. The molecule has 2 aromatic carbocycles. The highest BCUT2D eigenvalue weighted by atomic mass is 127. The molecule has 7 nitrogen and oxygen atoms in total. The zero-order valence-corrected chi connectivity index (χ0v) is 20.3. The van der Waals surface area contributed by atoms with E-state index in [0.29, 0.717) is 16.8 Å². The van der Waals surface area contributed by atoms with Gasteiger partial charge >= 0.3 is 12.5 Å². The lowest BCUT2D eigenvalue weighted by molar-refractivity contribution is -0.274. The molecule has 2 aromatic heterocycles. The molecule has 1 N–H and O–H groups in total. The summed E-state index contributed by atoms with van der Waals surface area (Å²) in [6.07, 6.45) is -6.47. The second kappa shape index (κ2) is 10.0. The number of hydrogen-bond donors (Lipinski definition) is 1. The highest BCUT2D eigenvalue weighted by Crippen LogP contribution is 2.39. The highest BCUT2D eigenvalue weighted by Gasteiger charge is 2.37. The van der Waals surface area contributed by atoms with Crippen LogP contribution in [0.15, 0.2) is 54.9 Å². The summed E-state index contributed by atoms with van der Waals surface area (Å²) in [7, 11) is 0. The van der Waals surface area contributed by atoms with Gasteiger partial charge in [-0.3, -0.25) is 0 Å². The van der Waals surface area contributed by atoms with E-state index in [1.807, 2.05) is 22.0 Å². The Kier molecular flexibility index (Phi) is 7.22. The first kappa shape index (κ1) is 25.2. The second-order valence-corrected chi connectivity index (χ2v) is 8.96. The molecule has 0 saturated heterocycles. The van der Waals surface area contributed by atoms with E-state index in [0.717, 1.165) is 12.1 Å². The van der Waals surface area contributed by atoms with Crippen LogP contribution in [0, 0.1) is 0 Å². The summed E-state index contributed by atoms with van der Waals surface area (Å²) in [6.45, 7) is -0.00120. The van der Waals surface area contributed by atoms with Gasteiger partial charge in [-0.2, -0.15) is 18.3 Å². The van der Waals surface area contributed by atoms with Crippen molar-refractivity contribution in [2.75, 3.05) is 5.32 Å². The summed E-state index contributed by atoms with van der Waals surface area (Å²) in [6, 6.07) is 9.39. The van der Waals surface area contributed by atoms with Crippen LogP contribution < -0.4 is 14.8 Å². The molecule has 0 amide bonds. The lowest BCUT2D eigenvalue weighted by Gasteiger charge is -2.10. The Morgan fingerprint density at radius 1 is 0.943 bits per heavy atom. The van der Waals surface area contributed by atoms with Gasteiger partial charge in [-0.1, -0.05) is 0 Å². The third-order valence-corrected chi connectivity index (χ3v) is 6.33. The molecule has 4 rings (SSSR count). The first-order valence-electron chi connectivity index (χ1n) is 9.55. The van der Waals surface area contributed by atoms with Crippen molar-refractivity contribution in [2.24, 2.45) is 0 Å². The average molecular weight is 627 g/mol. The first-order chi connectivity index (χ1) is 16.5. The van der Waals surface area contributed by atoms with Crippen molar-refractivity contribution in [3.63, 3.8) is 0 Å². The minimum atomic E-state index is -4.78. The number of alkyl halides is 6. The zero-order chi connectivity index (χ0) is 25.2. The van der Waals surface area contributed by atoms with Crippen LogP contribution in [0.5, 0.6) is 11.5 Å². The van der Waals surface area contributed by atoms with Crippen molar-refractivity contribution >= 4 is 51.0 Å². The lowest BCUT2D eigenvalue weighted by Crippen LogP contribution is -2.17. The molecule has 1 unspecified atom stereocenters. The van der Waals surface area contributed by atoms with Crippen LogP contribution in [-0.2, 0) is 12.8 Å². The van der Waals surface area contributed by atoms with Crippen LogP contribution in [0.1, 0.15) is 11.3 Å². The number of rotatable bonds is 7. The number of anilines is 2. The monoisotopic (exact) mass is 627 g/mol. The third-order valence-electron chi connectivity index (χ3n) is 4.45. The maximum Gasteiger partial charge on any atom is 0.573 e. The normalized spacial score (nSPS) is 12.4. The Hall–Kier alpha value is -2.87. The molecule has 1 atom stereocenters. The van der Waals surface area contributed by atoms with Gasteiger partial charge in [0.05, 0.1) is 11.9 Å². The molecule has 0 radical (unpaired) electrons. The number of halogens is 7. The molecule has 0 aliphatic heterocycles. The Morgan fingerprint density at radius 2 is 1.60 bits per heavy atom. The number of benzene rings is 2. The van der Waals surface area contributed by atoms with E-state index in [1.54, 1.807) is 6.07 Å². The Morgan fingerprint density at radius 3 is 2.20 bits per heavy atom. The number of fused-ring (bicyclic) bond motifs is 1. The number of nitrogens with one attached hydrogen (secondary N) is 1. The van der Waals surface area contributed by atoms with Crippen molar-refractivity contribution < 1.29 is 35.8 Å². The van der Waals surface area contributed by atoms with Crippen molar-refractivity contribution in [2.45, 2.75) is 19.1 Å². The fraction of sp³-hybridized carbons (Fsp3) is 0.150. The van der Waals surface area contributed by atoms with Crippen molar-refractivity contribution in [3.05, 3.63) is 66.1 Å². The van der Waals surface area contributed by atoms with Gasteiger partial charge in [0, 0.05) is 29.0 Å². The molecule has 4 aromatic rings. The van der Waals surface area contributed by atoms with E-state index >= 15 is 0 Å². The van der Waals surface area contributed by atoms with Gasteiger partial charge in [0.25, 0.3) is 0 Å². The fourth-order valence-corrected chi connectivity index (χ4v) is 4.52. The molecule has 2 heterocycles. The zero-order valence-electron chi connectivity index (χ0n) is 17.2. The summed E-state index contributed by atoms with van der Waals surface area (Å²) >= 11 is 1.96. The van der Waals surface area contributed by atoms with Gasteiger partial charge in [0.15, 0.2) is 5.69 Å². The number of nitrogens with zero attached hydrogens (tertiary/aromatic N) is 4. The Labute approximate surface area is 208 Å². The van der Waals surface area contributed by atoms with Crippen molar-refractivity contribution in [1.29, 1.82) is 0 Å². The Balaban J connectivity index is 1.40. The first-order valence-corrected chi connectivity index (χ1v) is 13.6. The average Bonchev–Trinajstić information content (AvgIpc) is 3.17. The van der Waals surface area contributed by atoms with Crippen LogP contribution in [0.2, 0.25) is 0 Å². The fourth-order valence-electron chi connectivity index (χ4n) is 2.99. The van der Waals surface area contributed by atoms with Crippen LogP contribution in [0.25, 0.3) is 10.9 Å². The molecule has 0 aliphatic carbocycles. The smallest absolute Gasteiger partial charge is 0.489 e. The minimum Gasteiger partial charge on any atom is -0.489 e. The van der Waals surface area contributed by atoms with Gasteiger partial charge in [-0.25, -0.2) is 14.4 Å². The SMILES string of the molecule is FC(F)(F)Oc1ccc(Nc2ncc(COc3ccc4c(c3)c(C(F)(F)F)nn4PI)cn2)cc1. The topological polar surface area (TPSA) is 74.1 Å². The summed E-state index contributed by atoms with van der Waals surface area (Å²) < 4.78 is 87.4. The van der Waals surface area contributed by atoms with Gasteiger partial charge in [0.2, 0.25) is 5.95 Å². The molecule has 15 heteroatoms. The summed E-state index contributed by atoms with van der Waals surface area (Å²) in [5.41, 5.74) is 0.364. The van der Waals surface area contributed by atoms with Gasteiger partial charge in [0.1, 0.15) is 18.1 Å². The highest BCUT2D eigenvalue weighted by molar-refractivity contribution is 14.2. The predicted octanol–water partition coefficient (Wildman–Crippen LogP) is 6.86. The molecule has 0 fully saturated rings. The molecular weight excluding hydrogens is 614 g/mol. The second-order valence-electron chi connectivity index (χ2n) is 6.92. The van der Waals surface area contributed by atoms with E-state index in [-0.39, 0.29) is 35.8 Å². The van der Waals surface area contributed by atoms with Crippen LogP contribution >= 0.6 is 28.4 Å². The summed E-state index contributed by atoms with van der Waals surface area (Å²) in [5.74, 6) is 0.0447.